The van der Waals surface area contributed by atoms with Crippen molar-refractivity contribution in [2.75, 3.05) is 4.90 Å². The molecular weight excluding hydrogens is 709 g/mol. The minimum absolute atomic E-state index is 0.0875. The van der Waals surface area contributed by atoms with Crippen molar-refractivity contribution in [2.45, 2.75) is 43.7 Å². The molecule has 0 saturated carbocycles. The van der Waals surface area contributed by atoms with E-state index in [1.807, 2.05) is 6.07 Å². The Morgan fingerprint density at radius 1 is 0.759 bits per heavy atom. The minimum atomic E-state index is -0.297. The molecule has 5 heteroatoms. The van der Waals surface area contributed by atoms with Gasteiger partial charge in [-0.25, -0.2) is 4.98 Å². The lowest BCUT2D eigenvalue weighted by molar-refractivity contribution is 0.598. The van der Waals surface area contributed by atoms with Crippen molar-refractivity contribution in [2.24, 2.45) is 4.99 Å². The molecule has 0 spiro atoms. The molecule has 8 aromatic rings. The Hall–Kier alpha value is -6.98. The Kier molecular flexibility index (Phi) is 7.31. The number of rotatable bonds is 5. The van der Waals surface area contributed by atoms with E-state index in [9.17, 15) is 0 Å². The lowest BCUT2D eigenvalue weighted by Gasteiger charge is -2.33. The summed E-state index contributed by atoms with van der Waals surface area (Å²) in [5, 5.41) is 4.44. The summed E-state index contributed by atoms with van der Waals surface area (Å²) in [4.78, 5) is 13.2. The third-order valence-electron chi connectivity index (χ3n) is 12.7. The van der Waals surface area contributed by atoms with Gasteiger partial charge in [-0.05, 0) is 79.4 Å². The summed E-state index contributed by atoms with van der Waals surface area (Å²) in [6.45, 7) is 2.37. The summed E-state index contributed by atoms with van der Waals surface area (Å²) in [7, 11) is 0. The second-order valence-electron chi connectivity index (χ2n) is 16.2. The van der Waals surface area contributed by atoms with Crippen LogP contribution in [0.4, 0.5) is 5.69 Å². The normalized spacial score (nSPS) is 20.9. The molecule has 3 aromatic heterocycles. The first kappa shape index (κ1) is 33.2. The minimum Gasteiger partial charge on any atom is -0.455 e. The highest BCUT2D eigenvalue weighted by molar-refractivity contribution is 6.19. The zero-order valence-corrected chi connectivity index (χ0v) is 32.2. The number of para-hydroxylation sites is 4. The number of aliphatic imine (C=N–C) groups is 1. The third-order valence-corrected chi connectivity index (χ3v) is 12.7. The highest BCUT2D eigenvalue weighted by atomic mass is 16.3. The summed E-state index contributed by atoms with van der Waals surface area (Å²) in [5.74, 6) is 1.03. The van der Waals surface area contributed by atoms with Gasteiger partial charge in [-0.1, -0.05) is 128 Å². The molecule has 5 nitrogen and oxygen atoms in total. The van der Waals surface area contributed by atoms with Gasteiger partial charge in [0.15, 0.2) is 0 Å². The molecule has 1 aliphatic heterocycles. The molecule has 3 unspecified atom stereocenters. The van der Waals surface area contributed by atoms with E-state index in [4.69, 9.17) is 14.4 Å². The van der Waals surface area contributed by atoms with Gasteiger partial charge in [0.25, 0.3) is 0 Å². The van der Waals surface area contributed by atoms with Crippen LogP contribution in [0.2, 0.25) is 0 Å². The van der Waals surface area contributed by atoms with E-state index < -0.39 is 0 Å². The van der Waals surface area contributed by atoms with Crippen LogP contribution >= 0.6 is 0 Å². The number of anilines is 1. The summed E-state index contributed by atoms with van der Waals surface area (Å²) >= 11 is 0. The SMILES string of the molecule is CC1(c2cc(-c3nc4ccccc4c4oc5ccccc5c34)cc(-n3c4c(c5ccccc53)C=CCC4)c2)C=CC(C2=NC3C=CC=CC3N2c2ccccc2)=CC1. The molecule has 278 valence electrons. The van der Waals surface area contributed by atoms with E-state index in [0.717, 1.165) is 86.1 Å². The monoisotopic (exact) mass is 748 g/mol. The second kappa shape index (κ2) is 12.8. The number of furan rings is 1. The molecule has 4 heterocycles. The maximum absolute atomic E-state index is 6.67. The zero-order valence-electron chi connectivity index (χ0n) is 32.2. The topological polar surface area (TPSA) is 46.6 Å². The largest absolute Gasteiger partial charge is 0.455 e. The van der Waals surface area contributed by atoms with Crippen LogP contribution in [0.1, 0.15) is 36.6 Å². The lowest BCUT2D eigenvalue weighted by atomic mass is 9.75. The predicted molar refractivity (Wildman–Crippen MR) is 240 cm³/mol. The van der Waals surface area contributed by atoms with Gasteiger partial charge in [0.1, 0.15) is 17.0 Å². The Morgan fingerprint density at radius 2 is 1.55 bits per heavy atom. The molecule has 0 bridgehead atoms. The van der Waals surface area contributed by atoms with Gasteiger partial charge in [-0.15, -0.1) is 0 Å². The first-order valence-electron chi connectivity index (χ1n) is 20.4. The Morgan fingerprint density at radius 3 is 2.43 bits per heavy atom. The number of pyridine rings is 1. The molecule has 0 saturated heterocycles. The molecule has 12 rings (SSSR count). The van der Waals surface area contributed by atoms with Crippen molar-refractivity contribution in [1.82, 2.24) is 9.55 Å². The van der Waals surface area contributed by atoms with Crippen molar-refractivity contribution < 1.29 is 4.42 Å². The van der Waals surface area contributed by atoms with Gasteiger partial charge < -0.3 is 13.9 Å². The second-order valence-corrected chi connectivity index (χ2v) is 16.2. The molecule has 3 aliphatic carbocycles. The first-order valence-corrected chi connectivity index (χ1v) is 20.4. The van der Waals surface area contributed by atoms with Gasteiger partial charge in [-0.2, -0.15) is 0 Å². The fourth-order valence-electron chi connectivity index (χ4n) is 9.79. The van der Waals surface area contributed by atoms with Crippen molar-refractivity contribution >= 4 is 61.3 Å². The third kappa shape index (κ3) is 5.02. The van der Waals surface area contributed by atoms with Crippen LogP contribution in [0.3, 0.4) is 0 Å². The van der Waals surface area contributed by atoms with Gasteiger partial charge >= 0.3 is 0 Å². The van der Waals surface area contributed by atoms with E-state index in [0.29, 0.717) is 0 Å². The number of hydrogen-bond acceptors (Lipinski definition) is 4. The number of aromatic nitrogens is 2. The van der Waals surface area contributed by atoms with Crippen LogP contribution in [0.5, 0.6) is 0 Å². The first-order chi connectivity index (χ1) is 28.6. The standard InChI is InChI=1S/C53H40N4O/c1-53(29-27-34(28-30-53)52-55-44-22-10-13-25-47(44)57(52)37-15-3-2-4-16-37)36-31-35(32-38(33-36)56-45-23-11-6-17-39(45)40-18-7-12-24-46(40)56)50-49-42-20-8-14-26-48(42)58-51(49)41-19-5-9-21-43(41)54-50/h2-11,13-23,25-29,31-33,44,47H,12,24,30H2,1H3. The summed E-state index contributed by atoms with van der Waals surface area (Å²) in [5.41, 5.74) is 13.0. The molecular formula is C53H40N4O. The van der Waals surface area contributed by atoms with Gasteiger partial charge in [0, 0.05) is 55.3 Å². The van der Waals surface area contributed by atoms with Crippen LogP contribution in [-0.2, 0) is 11.8 Å². The van der Waals surface area contributed by atoms with Crippen molar-refractivity contribution in [3.8, 4) is 16.9 Å². The Labute approximate surface area is 337 Å². The lowest BCUT2D eigenvalue weighted by Crippen LogP contribution is -2.39. The van der Waals surface area contributed by atoms with Gasteiger partial charge in [0.05, 0.1) is 34.2 Å². The van der Waals surface area contributed by atoms with Crippen LogP contribution in [0, 0.1) is 0 Å². The smallest absolute Gasteiger partial charge is 0.147 e. The highest BCUT2D eigenvalue weighted by Gasteiger charge is 2.37. The molecule has 4 aliphatic rings. The van der Waals surface area contributed by atoms with Crippen LogP contribution in [0.25, 0.3) is 66.8 Å². The summed E-state index contributed by atoms with van der Waals surface area (Å²) in [6.07, 6.45) is 23.4. The average Bonchev–Trinajstić information content (AvgIpc) is 3.97. The molecule has 0 radical (unpaired) electrons. The fourth-order valence-corrected chi connectivity index (χ4v) is 9.79. The number of fused-ring (bicyclic) bond motifs is 9. The van der Waals surface area contributed by atoms with E-state index in [1.54, 1.807) is 0 Å². The predicted octanol–water partition coefficient (Wildman–Crippen LogP) is 12.6. The van der Waals surface area contributed by atoms with E-state index in [-0.39, 0.29) is 17.5 Å². The molecule has 0 amide bonds. The summed E-state index contributed by atoms with van der Waals surface area (Å²) < 4.78 is 9.18. The molecule has 3 atom stereocenters. The molecule has 58 heavy (non-hydrogen) atoms. The maximum atomic E-state index is 6.67. The molecule has 5 aromatic carbocycles. The van der Waals surface area contributed by atoms with E-state index in [1.165, 1.54) is 27.7 Å². The number of nitrogens with zero attached hydrogens (tertiary/aromatic N) is 4. The Balaban J connectivity index is 1.05. The van der Waals surface area contributed by atoms with Gasteiger partial charge in [-0.3, -0.25) is 4.99 Å². The van der Waals surface area contributed by atoms with Crippen molar-refractivity contribution in [3.05, 3.63) is 192 Å². The van der Waals surface area contributed by atoms with E-state index in [2.05, 4.69) is 186 Å². The fraction of sp³-hybridized carbons (Fsp3) is 0.132. The number of allylic oxidation sites excluding steroid dienone is 5. The Bertz CT molecular complexity index is 3190. The summed E-state index contributed by atoms with van der Waals surface area (Å²) in [6, 6.07) is 43.7. The quantitative estimate of drug-likeness (QED) is 0.176. The number of benzene rings is 5. The number of amidine groups is 1. The number of hydrogen-bond donors (Lipinski definition) is 0. The maximum Gasteiger partial charge on any atom is 0.147 e. The van der Waals surface area contributed by atoms with Crippen molar-refractivity contribution in [1.29, 1.82) is 0 Å². The van der Waals surface area contributed by atoms with Gasteiger partial charge in [0.2, 0.25) is 0 Å². The average molecular weight is 749 g/mol. The zero-order chi connectivity index (χ0) is 38.4. The van der Waals surface area contributed by atoms with Crippen LogP contribution in [0.15, 0.2) is 185 Å². The van der Waals surface area contributed by atoms with Crippen LogP contribution in [-0.4, -0.2) is 27.5 Å². The highest BCUT2D eigenvalue weighted by Crippen LogP contribution is 2.44. The van der Waals surface area contributed by atoms with Crippen molar-refractivity contribution in [3.63, 3.8) is 0 Å². The van der Waals surface area contributed by atoms with E-state index >= 15 is 0 Å². The molecule has 0 N–H and O–H groups in total. The molecule has 0 fully saturated rings. The van der Waals surface area contributed by atoms with Crippen LogP contribution < -0.4 is 4.90 Å².